The van der Waals surface area contributed by atoms with Gasteiger partial charge in [-0.25, -0.2) is 0 Å². The Balaban J connectivity index is 1.37. The molecule has 3 aliphatic rings. The minimum atomic E-state index is -0.979. The van der Waals surface area contributed by atoms with Gasteiger partial charge in [0.25, 0.3) is 5.91 Å². The summed E-state index contributed by atoms with van der Waals surface area (Å²) in [5.74, 6) is -1.81. The second-order valence-corrected chi connectivity index (χ2v) is 11.6. The van der Waals surface area contributed by atoms with E-state index >= 15 is 0 Å². The van der Waals surface area contributed by atoms with Gasteiger partial charge < -0.3 is 30.9 Å². The third-order valence-electron chi connectivity index (χ3n) is 8.18. The number of fused-ring (bicyclic) bond motifs is 13. The quantitative estimate of drug-likeness (QED) is 0.339. The third kappa shape index (κ3) is 8.50. The van der Waals surface area contributed by atoms with Crippen molar-refractivity contribution in [2.24, 2.45) is 0 Å². The number of carbonyl (C=O) groups excluding carboxylic acids is 5. The number of amides is 5. The molecule has 4 N–H and O–H groups in total. The molecule has 0 saturated carbocycles. The number of carbonyl (C=O) groups is 5. The van der Waals surface area contributed by atoms with Crippen LogP contribution in [0.1, 0.15) is 36.5 Å². The Morgan fingerprint density at radius 1 is 0.848 bits per heavy atom. The predicted octanol–water partition coefficient (Wildman–Crippen LogP) is 1.65. The molecular formula is C35H39N5O6. The number of nitrogens with one attached hydrogen (secondary N) is 4. The zero-order valence-electron chi connectivity index (χ0n) is 25.7. The van der Waals surface area contributed by atoms with Gasteiger partial charge >= 0.3 is 0 Å². The Bertz CT molecular complexity index is 1530. The molecule has 0 aromatic heterocycles. The fourth-order valence-corrected chi connectivity index (χ4v) is 5.68. The Morgan fingerprint density at radius 3 is 2.22 bits per heavy atom. The lowest BCUT2D eigenvalue weighted by Crippen LogP contribution is -2.57. The molecule has 1 fully saturated rings. The Morgan fingerprint density at radius 2 is 1.52 bits per heavy atom. The smallest absolute Gasteiger partial charge is 0.258 e. The predicted molar refractivity (Wildman–Crippen MR) is 170 cm³/mol. The number of hydrogen-bond acceptors (Lipinski definition) is 6. The van der Waals surface area contributed by atoms with Gasteiger partial charge in [0.15, 0.2) is 6.61 Å². The summed E-state index contributed by atoms with van der Waals surface area (Å²) in [6.45, 7) is 1.84. The summed E-state index contributed by atoms with van der Waals surface area (Å²) in [6, 6.07) is 22.0. The van der Waals surface area contributed by atoms with Crippen LogP contribution in [0.4, 0.5) is 0 Å². The van der Waals surface area contributed by atoms with Gasteiger partial charge in [0.05, 0.1) is 0 Å². The minimum Gasteiger partial charge on any atom is -0.484 e. The number of ether oxygens (including phenoxy) is 1. The first-order chi connectivity index (χ1) is 22.3. The van der Waals surface area contributed by atoms with Gasteiger partial charge in [0, 0.05) is 25.9 Å². The summed E-state index contributed by atoms with van der Waals surface area (Å²) in [7, 11) is 0. The van der Waals surface area contributed by atoms with E-state index in [9.17, 15) is 24.0 Å². The fourth-order valence-electron chi connectivity index (χ4n) is 5.68. The molecule has 46 heavy (non-hydrogen) atoms. The summed E-state index contributed by atoms with van der Waals surface area (Å²) >= 11 is 0. The molecule has 4 atom stereocenters. The maximum Gasteiger partial charge on any atom is 0.258 e. The fraction of sp³-hybridized carbons (Fsp3) is 0.343. The molecule has 2 bridgehead atoms. The van der Waals surface area contributed by atoms with Crippen molar-refractivity contribution in [3.8, 4) is 5.75 Å². The molecule has 0 radical (unpaired) electrons. The van der Waals surface area contributed by atoms with E-state index < -0.39 is 41.9 Å². The highest BCUT2D eigenvalue weighted by Crippen LogP contribution is 2.21. The van der Waals surface area contributed by atoms with Crippen molar-refractivity contribution in [2.75, 3.05) is 13.2 Å². The zero-order chi connectivity index (χ0) is 32.5. The largest absolute Gasteiger partial charge is 0.484 e. The van der Waals surface area contributed by atoms with Crippen LogP contribution in [-0.4, -0.2) is 71.8 Å². The number of rotatable bonds is 5. The Labute approximate surface area is 268 Å². The second-order valence-electron chi connectivity index (χ2n) is 11.6. The summed E-state index contributed by atoms with van der Waals surface area (Å²) in [5.41, 5.74) is 2.51. The van der Waals surface area contributed by atoms with E-state index in [1.807, 2.05) is 60.7 Å². The molecule has 6 rings (SSSR count). The zero-order valence-corrected chi connectivity index (χ0v) is 25.7. The highest BCUT2D eigenvalue weighted by atomic mass is 16.5. The van der Waals surface area contributed by atoms with Crippen LogP contribution in [0.5, 0.6) is 5.75 Å². The normalized spacial score (nSPS) is 22.7. The summed E-state index contributed by atoms with van der Waals surface area (Å²) in [6.07, 6.45) is 1.43. The minimum absolute atomic E-state index is 0.180. The van der Waals surface area contributed by atoms with E-state index in [-0.39, 0.29) is 37.8 Å². The molecule has 5 amide bonds. The van der Waals surface area contributed by atoms with Crippen molar-refractivity contribution >= 4 is 29.5 Å². The molecule has 0 aliphatic carbocycles. The van der Waals surface area contributed by atoms with Crippen LogP contribution in [0.25, 0.3) is 0 Å². The summed E-state index contributed by atoms with van der Waals surface area (Å²) in [4.78, 5) is 68.4. The molecule has 0 spiro atoms. The number of nitrogens with zero attached hydrogens (tertiary/aromatic N) is 1. The van der Waals surface area contributed by atoms with Crippen LogP contribution >= 0.6 is 0 Å². The number of hydrogen-bond donors (Lipinski definition) is 4. The Kier molecular flexibility index (Phi) is 10.6. The average molecular weight is 626 g/mol. The van der Waals surface area contributed by atoms with Gasteiger partial charge in [0.2, 0.25) is 23.6 Å². The van der Waals surface area contributed by atoms with Crippen LogP contribution in [0.2, 0.25) is 0 Å². The van der Waals surface area contributed by atoms with E-state index in [4.69, 9.17) is 4.74 Å². The lowest BCUT2D eigenvalue weighted by molar-refractivity contribution is -0.142. The van der Waals surface area contributed by atoms with Crippen molar-refractivity contribution in [1.82, 2.24) is 26.2 Å². The van der Waals surface area contributed by atoms with Crippen LogP contribution in [0.15, 0.2) is 84.9 Å². The molecule has 3 heterocycles. The van der Waals surface area contributed by atoms with Crippen molar-refractivity contribution in [2.45, 2.75) is 63.3 Å². The van der Waals surface area contributed by atoms with Gasteiger partial charge in [-0.05, 0) is 48.6 Å². The first-order valence-corrected chi connectivity index (χ1v) is 15.5. The maximum absolute atomic E-state index is 13.9. The topological polar surface area (TPSA) is 146 Å². The SMILES string of the molecule is C[C@@H]1NC(=O)[C@H]2CCCN2C(=O)[C@@H](Cc2ccccc2)NC(=O)COc2ccc(cc2)C[C@@H](C(=O)NCc2ccccc2)NC1=O. The molecule has 0 unspecified atom stereocenters. The van der Waals surface area contributed by atoms with Gasteiger partial charge in [-0.1, -0.05) is 72.8 Å². The molecule has 3 aliphatic heterocycles. The monoisotopic (exact) mass is 625 g/mol. The molecular weight excluding hydrogens is 586 g/mol. The average Bonchev–Trinajstić information content (AvgIpc) is 3.57. The lowest BCUT2D eigenvalue weighted by atomic mass is 10.0. The van der Waals surface area contributed by atoms with Gasteiger partial charge in [-0.3, -0.25) is 24.0 Å². The van der Waals surface area contributed by atoms with E-state index in [1.54, 1.807) is 31.2 Å². The second kappa shape index (κ2) is 15.2. The highest BCUT2D eigenvalue weighted by molar-refractivity contribution is 5.96. The van der Waals surface area contributed by atoms with Crippen molar-refractivity contribution in [1.29, 1.82) is 0 Å². The van der Waals surface area contributed by atoms with E-state index in [1.165, 1.54) is 4.90 Å². The van der Waals surface area contributed by atoms with E-state index in [0.717, 1.165) is 16.7 Å². The van der Waals surface area contributed by atoms with Crippen molar-refractivity contribution in [3.63, 3.8) is 0 Å². The summed E-state index contributed by atoms with van der Waals surface area (Å²) in [5, 5.41) is 11.2. The van der Waals surface area contributed by atoms with Crippen molar-refractivity contribution < 1.29 is 28.7 Å². The molecule has 1 saturated heterocycles. The Hall–Kier alpha value is -5.19. The molecule has 3 aromatic rings. The van der Waals surface area contributed by atoms with E-state index in [2.05, 4.69) is 21.3 Å². The van der Waals surface area contributed by atoms with Crippen LogP contribution in [-0.2, 0) is 43.4 Å². The number of benzene rings is 3. The molecule has 240 valence electrons. The lowest BCUT2D eigenvalue weighted by Gasteiger charge is -2.29. The van der Waals surface area contributed by atoms with Gasteiger partial charge in [-0.15, -0.1) is 0 Å². The highest BCUT2D eigenvalue weighted by Gasteiger charge is 2.38. The standard InChI is InChI=1S/C35H39N5O6/c1-23-32(42)39-28(33(43)36-21-26-11-6-3-7-12-26)19-25-14-16-27(17-15-25)46-22-31(41)38-29(20-24-9-4-2-5-10-24)35(45)40-18-8-13-30(40)34(44)37-23/h2-7,9-12,14-17,23,28-30H,8,13,18-22H2,1H3,(H,36,43)(H,37,44)(H,38,41)(H,39,42)/t23-,28-,29+,30+/m0/s1. The van der Waals surface area contributed by atoms with Crippen LogP contribution in [0, 0.1) is 0 Å². The molecule has 11 nitrogen and oxygen atoms in total. The van der Waals surface area contributed by atoms with E-state index in [0.29, 0.717) is 25.1 Å². The van der Waals surface area contributed by atoms with Crippen LogP contribution in [0.3, 0.4) is 0 Å². The maximum atomic E-state index is 13.9. The first-order valence-electron chi connectivity index (χ1n) is 15.5. The first kappa shape index (κ1) is 32.2. The van der Waals surface area contributed by atoms with Gasteiger partial charge in [-0.2, -0.15) is 0 Å². The molecule has 3 aromatic carbocycles. The molecule has 11 heteroatoms. The summed E-state index contributed by atoms with van der Waals surface area (Å²) < 4.78 is 5.72. The van der Waals surface area contributed by atoms with Crippen molar-refractivity contribution in [3.05, 3.63) is 102 Å². The van der Waals surface area contributed by atoms with Gasteiger partial charge in [0.1, 0.15) is 29.9 Å². The van der Waals surface area contributed by atoms with Crippen LogP contribution < -0.4 is 26.0 Å². The third-order valence-corrected chi connectivity index (χ3v) is 8.18.